The van der Waals surface area contributed by atoms with Crippen molar-refractivity contribution in [2.75, 3.05) is 16.2 Å². The van der Waals surface area contributed by atoms with E-state index in [9.17, 15) is 30.8 Å². The minimum Gasteiger partial charge on any atom is -0.320 e. The molecular formula is C21H15ClF4N2O3S. The van der Waals surface area contributed by atoms with Crippen LogP contribution >= 0.6 is 11.6 Å². The number of amides is 1. The predicted octanol–water partition coefficient (Wildman–Crippen LogP) is 5.36. The van der Waals surface area contributed by atoms with Crippen LogP contribution in [0.4, 0.5) is 28.9 Å². The van der Waals surface area contributed by atoms with Crippen molar-refractivity contribution in [2.24, 2.45) is 0 Å². The molecule has 1 amide bonds. The number of hydrogen-bond donors (Lipinski definition) is 1. The van der Waals surface area contributed by atoms with Gasteiger partial charge in [-0.3, -0.25) is 9.10 Å². The SMILES string of the molecule is CCN(c1ccccc1)S(=O)(=O)c1ccc(Cl)c(NC(=O)c2cc(F)c(F)c(F)c2F)c1. The highest BCUT2D eigenvalue weighted by Gasteiger charge is 2.26. The van der Waals surface area contributed by atoms with Crippen LogP contribution in [0, 0.1) is 23.3 Å². The molecule has 3 rings (SSSR count). The minimum atomic E-state index is -4.09. The van der Waals surface area contributed by atoms with Gasteiger partial charge in [0.05, 0.1) is 26.9 Å². The van der Waals surface area contributed by atoms with Crippen LogP contribution in [0.25, 0.3) is 0 Å². The van der Waals surface area contributed by atoms with Crippen LogP contribution in [0.5, 0.6) is 0 Å². The highest BCUT2D eigenvalue weighted by atomic mass is 35.5. The van der Waals surface area contributed by atoms with Crippen molar-refractivity contribution in [2.45, 2.75) is 11.8 Å². The maximum Gasteiger partial charge on any atom is 0.264 e. The summed E-state index contributed by atoms with van der Waals surface area (Å²) in [6.45, 7) is 1.72. The Kier molecular flexibility index (Phi) is 6.75. The molecule has 0 atom stereocenters. The van der Waals surface area contributed by atoms with E-state index in [-0.39, 0.29) is 28.2 Å². The summed E-state index contributed by atoms with van der Waals surface area (Å²) in [6.07, 6.45) is 0. The fraction of sp³-hybridized carbons (Fsp3) is 0.0952. The van der Waals surface area contributed by atoms with Crippen molar-refractivity contribution < 1.29 is 30.8 Å². The third-order valence-electron chi connectivity index (χ3n) is 4.45. The van der Waals surface area contributed by atoms with E-state index in [0.717, 1.165) is 10.4 Å². The van der Waals surface area contributed by atoms with Crippen molar-refractivity contribution in [3.8, 4) is 0 Å². The standard InChI is InChI=1S/C21H15ClF4N2O3S/c1-2-28(12-6-4-3-5-7-12)32(30,31)13-8-9-15(22)17(10-13)27-21(29)14-11-16(23)19(25)20(26)18(14)24/h3-11H,2H2,1H3,(H,27,29). The molecule has 1 N–H and O–H groups in total. The maximum absolute atomic E-state index is 13.9. The average molecular weight is 487 g/mol. The van der Waals surface area contributed by atoms with E-state index in [0.29, 0.717) is 5.69 Å². The molecule has 168 valence electrons. The first kappa shape index (κ1) is 23.6. The first-order valence-corrected chi connectivity index (χ1v) is 10.9. The van der Waals surface area contributed by atoms with Gasteiger partial charge in [0.15, 0.2) is 23.3 Å². The summed E-state index contributed by atoms with van der Waals surface area (Å²) in [4.78, 5) is 12.1. The molecule has 0 saturated heterocycles. The summed E-state index contributed by atoms with van der Waals surface area (Å²) < 4.78 is 81.3. The second-order valence-electron chi connectivity index (χ2n) is 6.45. The average Bonchev–Trinajstić information content (AvgIpc) is 2.77. The van der Waals surface area contributed by atoms with E-state index in [2.05, 4.69) is 5.32 Å². The number of halogens is 5. The lowest BCUT2D eigenvalue weighted by Crippen LogP contribution is -2.30. The van der Waals surface area contributed by atoms with Crippen LogP contribution in [-0.2, 0) is 10.0 Å². The van der Waals surface area contributed by atoms with E-state index >= 15 is 0 Å². The number of para-hydroxylation sites is 1. The summed E-state index contributed by atoms with van der Waals surface area (Å²) in [5.74, 6) is -9.24. The molecule has 0 saturated carbocycles. The van der Waals surface area contributed by atoms with Crippen LogP contribution in [0.15, 0.2) is 59.5 Å². The molecular weight excluding hydrogens is 472 g/mol. The molecule has 0 fully saturated rings. The lowest BCUT2D eigenvalue weighted by molar-refractivity contribution is 0.102. The molecule has 3 aromatic rings. The number of benzene rings is 3. The molecule has 3 aromatic carbocycles. The molecule has 11 heteroatoms. The quantitative estimate of drug-likeness (QED) is 0.289. The Hall–Kier alpha value is -3.11. The number of nitrogens with zero attached hydrogens (tertiary/aromatic N) is 1. The van der Waals surface area contributed by atoms with Gasteiger partial charge in [0, 0.05) is 6.54 Å². The summed E-state index contributed by atoms with van der Waals surface area (Å²) in [7, 11) is -4.09. The van der Waals surface area contributed by atoms with Crippen LogP contribution in [0.1, 0.15) is 17.3 Å². The van der Waals surface area contributed by atoms with Gasteiger partial charge in [-0.15, -0.1) is 0 Å². The Morgan fingerprint density at radius 3 is 2.25 bits per heavy atom. The van der Waals surface area contributed by atoms with Gasteiger partial charge in [0.1, 0.15) is 0 Å². The predicted molar refractivity (Wildman–Crippen MR) is 112 cm³/mol. The monoisotopic (exact) mass is 486 g/mol. The fourth-order valence-corrected chi connectivity index (χ4v) is 4.57. The van der Waals surface area contributed by atoms with E-state index in [4.69, 9.17) is 11.6 Å². The molecule has 0 bridgehead atoms. The smallest absolute Gasteiger partial charge is 0.264 e. The largest absolute Gasteiger partial charge is 0.320 e. The van der Waals surface area contributed by atoms with Gasteiger partial charge in [-0.05, 0) is 43.3 Å². The van der Waals surface area contributed by atoms with Gasteiger partial charge in [0.25, 0.3) is 15.9 Å². The lowest BCUT2D eigenvalue weighted by Gasteiger charge is -2.23. The summed E-state index contributed by atoms with van der Waals surface area (Å²) in [5, 5.41) is 1.98. The molecule has 5 nitrogen and oxygen atoms in total. The first-order valence-electron chi connectivity index (χ1n) is 9.09. The Morgan fingerprint density at radius 1 is 0.969 bits per heavy atom. The number of sulfonamides is 1. The van der Waals surface area contributed by atoms with Gasteiger partial charge in [0.2, 0.25) is 0 Å². The molecule has 0 heterocycles. The number of anilines is 2. The van der Waals surface area contributed by atoms with Crippen molar-refractivity contribution in [1.82, 2.24) is 0 Å². The molecule has 0 aliphatic carbocycles. The topological polar surface area (TPSA) is 66.5 Å². The highest BCUT2D eigenvalue weighted by molar-refractivity contribution is 7.92. The van der Waals surface area contributed by atoms with E-state index in [1.165, 1.54) is 12.1 Å². The Balaban J connectivity index is 1.99. The van der Waals surface area contributed by atoms with Crippen LogP contribution < -0.4 is 9.62 Å². The third kappa shape index (κ3) is 4.42. The minimum absolute atomic E-state index is 0.0933. The maximum atomic E-state index is 13.9. The number of carbonyl (C=O) groups excluding carboxylic acids is 1. The lowest BCUT2D eigenvalue weighted by atomic mass is 10.1. The molecule has 0 aromatic heterocycles. The molecule has 0 aliphatic rings. The zero-order chi connectivity index (χ0) is 23.6. The molecule has 0 aliphatic heterocycles. The second kappa shape index (κ2) is 9.17. The van der Waals surface area contributed by atoms with Gasteiger partial charge < -0.3 is 5.32 Å². The number of carbonyl (C=O) groups is 1. The normalized spacial score (nSPS) is 11.3. The van der Waals surface area contributed by atoms with Gasteiger partial charge in [-0.1, -0.05) is 29.8 Å². The van der Waals surface area contributed by atoms with E-state index in [1.54, 1.807) is 37.3 Å². The highest BCUT2D eigenvalue weighted by Crippen LogP contribution is 2.30. The van der Waals surface area contributed by atoms with Gasteiger partial charge >= 0.3 is 0 Å². The zero-order valence-electron chi connectivity index (χ0n) is 16.4. The van der Waals surface area contributed by atoms with Crippen molar-refractivity contribution in [3.63, 3.8) is 0 Å². The fourth-order valence-electron chi connectivity index (χ4n) is 2.90. The van der Waals surface area contributed by atoms with Crippen LogP contribution in [-0.4, -0.2) is 20.9 Å². The van der Waals surface area contributed by atoms with Crippen LogP contribution in [0.2, 0.25) is 5.02 Å². The van der Waals surface area contributed by atoms with Crippen molar-refractivity contribution in [1.29, 1.82) is 0 Å². The molecule has 0 spiro atoms. The number of rotatable bonds is 6. The van der Waals surface area contributed by atoms with Gasteiger partial charge in [-0.25, -0.2) is 26.0 Å². The van der Waals surface area contributed by atoms with Gasteiger partial charge in [-0.2, -0.15) is 0 Å². The summed E-state index contributed by atoms with van der Waals surface area (Å²) in [5.41, 5.74) is -0.980. The van der Waals surface area contributed by atoms with E-state index < -0.39 is 44.8 Å². The third-order valence-corrected chi connectivity index (χ3v) is 6.68. The summed E-state index contributed by atoms with van der Waals surface area (Å²) in [6, 6.07) is 11.8. The number of nitrogens with one attached hydrogen (secondary N) is 1. The van der Waals surface area contributed by atoms with Crippen LogP contribution in [0.3, 0.4) is 0 Å². The number of hydrogen-bond acceptors (Lipinski definition) is 3. The second-order valence-corrected chi connectivity index (χ2v) is 8.72. The van der Waals surface area contributed by atoms with Crippen molar-refractivity contribution >= 4 is 38.9 Å². The van der Waals surface area contributed by atoms with Crippen molar-refractivity contribution in [3.05, 3.63) is 88.5 Å². The first-order chi connectivity index (χ1) is 15.1. The summed E-state index contributed by atoms with van der Waals surface area (Å²) >= 11 is 6.01. The Morgan fingerprint density at radius 2 is 1.62 bits per heavy atom. The Labute approximate surface area is 186 Å². The molecule has 0 radical (unpaired) electrons. The Bertz CT molecular complexity index is 1290. The van der Waals surface area contributed by atoms with E-state index in [1.807, 2.05) is 0 Å². The zero-order valence-corrected chi connectivity index (χ0v) is 17.9. The molecule has 32 heavy (non-hydrogen) atoms. The molecule has 0 unspecified atom stereocenters.